The van der Waals surface area contributed by atoms with E-state index >= 15 is 0 Å². The number of rotatable bonds is 4. The van der Waals surface area contributed by atoms with E-state index in [0.717, 1.165) is 20.3 Å². The Morgan fingerprint density at radius 3 is 2.41 bits per heavy atom. The van der Waals surface area contributed by atoms with Crippen molar-refractivity contribution in [3.8, 4) is 5.75 Å². The van der Waals surface area contributed by atoms with E-state index in [1.807, 2.05) is 20.8 Å². The average Bonchev–Trinajstić information content (AvgIpc) is 3.08. The topological polar surface area (TPSA) is 75.1 Å². The first-order chi connectivity index (χ1) is 14.7. The van der Waals surface area contributed by atoms with E-state index in [4.69, 9.17) is 9.47 Å². The molecule has 11 heteroatoms. The molecule has 0 aliphatic carbocycles. The largest absolute Gasteiger partial charge is 0.444 e. The predicted molar refractivity (Wildman–Crippen MR) is 122 cm³/mol. The first-order valence-electron chi connectivity index (χ1n) is 10.3. The maximum atomic E-state index is 14.3. The van der Waals surface area contributed by atoms with Gasteiger partial charge in [-0.1, -0.05) is 11.3 Å². The smallest absolute Gasteiger partial charge is 0.426 e. The molecule has 1 aromatic carbocycles. The maximum absolute atomic E-state index is 14.3. The summed E-state index contributed by atoms with van der Waals surface area (Å²) < 4.78 is 40.5. The van der Waals surface area contributed by atoms with Crippen LogP contribution in [-0.2, 0) is 4.74 Å². The molecule has 4 heterocycles. The average molecular weight is 534 g/mol. The molecular weight excluding hydrogens is 508 g/mol. The van der Waals surface area contributed by atoms with Gasteiger partial charge in [0.15, 0.2) is 16.5 Å². The van der Waals surface area contributed by atoms with E-state index in [-0.39, 0.29) is 23.9 Å². The Morgan fingerprint density at radius 2 is 1.84 bits per heavy atom. The number of alkyl halides is 2. The number of thiazole rings is 1. The predicted octanol–water partition coefficient (Wildman–Crippen LogP) is 5.00. The van der Waals surface area contributed by atoms with Gasteiger partial charge in [0.2, 0.25) is 0 Å². The Bertz CT molecular complexity index is 1040. The highest BCUT2D eigenvalue weighted by molar-refractivity contribution is 9.10. The van der Waals surface area contributed by atoms with Crippen LogP contribution in [0.1, 0.15) is 41.0 Å². The Balaban J connectivity index is 1.56. The first kappa shape index (κ1) is 23.4. The van der Waals surface area contributed by atoms with Gasteiger partial charge in [-0.15, -0.1) is 0 Å². The van der Waals surface area contributed by atoms with E-state index in [1.165, 1.54) is 17.4 Å². The lowest BCUT2D eigenvalue weighted by Crippen LogP contribution is -2.70. The summed E-state index contributed by atoms with van der Waals surface area (Å²) in [5.74, 6) is -0.102. The fraction of sp³-hybridized carbons (Fsp3) is 0.619. The summed E-state index contributed by atoms with van der Waals surface area (Å²) in [6.45, 7) is 8.68. The second kappa shape index (κ2) is 7.66. The number of piperazine rings is 1. The van der Waals surface area contributed by atoms with E-state index in [9.17, 15) is 18.7 Å². The van der Waals surface area contributed by atoms with E-state index in [1.54, 1.807) is 11.0 Å². The highest BCUT2D eigenvalue weighted by atomic mass is 79.9. The van der Waals surface area contributed by atoms with Gasteiger partial charge in [-0.25, -0.2) is 9.78 Å². The lowest BCUT2D eigenvalue weighted by Gasteiger charge is -2.55. The summed E-state index contributed by atoms with van der Waals surface area (Å²) in [7, 11) is 0. The van der Waals surface area contributed by atoms with Crippen molar-refractivity contribution in [3.05, 3.63) is 16.6 Å². The zero-order valence-electron chi connectivity index (χ0n) is 18.5. The van der Waals surface area contributed by atoms with Crippen LogP contribution in [0.15, 0.2) is 16.6 Å². The van der Waals surface area contributed by atoms with E-state index in [0.29, 0.717) is 32.9 Å². The van der Waals surface area contributed by atoms with Crippen LogP contribution in [0, 0.1) is 0 Å². The minimum absolute atomic E-state index is 0.0225. The third kappa shape index (κ3) is 4.26. The van der Waals surface area contributed by atoms with Crippen LogP contribution < -0.4 is 9.64 Å². The van der Waals surface area contributed by atoms with Crippen molar-refractivity contribution < 1.29 is 28.2 Å². The van der Waals surface area contributed by atoms with Crippen molar-refractivity contribution in [2.24, 2.45) is 0 Å². The fourth-order valence-corrected chi connectivity index (χ4v) is 5.37. The SMILES string of the molecule is CC(C)(C)OC(=O)N1C2CC1CN(c1nc3c(OC(F)(F)C(C)(C)O)ccc(Br)c3s1)C2. The molecule has 0 saturated carbocycles. The van der Waals surface area contributed by atoms with Crippen LogP contribution in [0.25, 0.3) is 10.2 Å². The van der Waals surface area contributed by atoms with Gasteiger partial charge in [-0.2, -0.15) is 8.78 Å². The zero-order chi connectivity index (χ0) is 23.6. The summed E-state index contributed by atoms with van der Waals surface area (Å²) in [5, 5.41) is 10.4. The van der Waals surface area contributed by atoms with Gasteiger partial charge in [0.05, 0.1) is 16.8 Å². The van der Waals surface area contributed by atoms with Crippen LogP contribution >= 0.6 is 27.3 Å². The van der Waals surface area contributed by atoms with Gasteiger partial charge in [0.1, 0.15) is 11.1 Å². The molecule has 0 spiro atoms. The van der Waals surface area contributed by atoms with Crippen molar-refractivity contribution in [3.63, 3.8) is 0 Å². The molecule has 3 aliphatic heterocycles. The van der Waals surface area contributed by atoms with Gasteiger partial charge in [0, 0.05) is 17.6 Å². The molecule has 176 valence electrons. The van der Waals surface area contributed by atoms with Crippen molar-refractivity contribution in [2.45, 2.75) is 70.4 Å². The number of carbonyl (C=O) groups excluding carboxylic acids is 1. The molecule has 7 nitrogen and oxygen atoms in total. The minimum Gasteiger partial charge on any atom is -0.444 e. The first-order valence-corrected chi connectivity index (χ1v) is 11.9. The van der Waals surface area contributed by atoms with E-state index in [2.05, 4.69) is 25.8 Å². The minimum atomic E-state index is -3.79. The number of amides is 1. The summed E-state index contributed by atoms with van der Waals surface area (Å²) in [4.78, 5) is 20.9. The van der Waals surface area contributed by atoms with E-state index < -0.39 is 17.3 Å². The molecule has 1 amide bonds. The standard InChI is InChI=1S/C21H26BrF2N3O4S/c1-19(2,3)31-18(28)27-11-8-12(27)10-26(9-11)17-25-15-14(7-6-13(22)16(15)32-17)30-21(23,24)20(4,5)29/h6-7,11-12,29H,8-10H2,1-5H3. The number of piperidine rings is 1. The zero-order valence-corrected chi connectivity index (χ0v) is 20.9. The van der Waals surface area contributed by atoms with Crippen molar-refractivity contribution >= 4 is 48.7 Å². The molecule has 3 aliphatic rings. The van der Waals surface area contributed by atoms with Crippen molar-refractivity contribution in [1.29, 1.82) is 0 Å². The number of fused-ring (bicyclic) bond motifs is 3. The number of carbonyl (C=O) groups is 1. The van der Waals surface area contributed by atoms with Crippen LogP contribution in [0.3, 0.4) is 0 Å². The number of anilines is 1. The number of nitrogens with zero attached hydrogens (tertiary/aromatic N) is 3. The van der Waals surface area contributed by atoms with Crippen molar-refractivity contribution in [2.75, 3.05) is 18.0 Å². The molecule has 2 bridgehead atoms. The fourth-order valence-electron chi connectivity index (χ4n) is 3.80. The number of benzene rings is 1. The second-order valence-corrected chi connectivity index (χ2v) is 11.6. The highest BCUT2D eigenvalue weighted by Gasteiger charge is 2.50. The molecule has 3 saturated heterocycles. The van der Waals surface area contributed by atoms with Crippen molar-refractivity contribution in [1.82, 2.24) is 9.88 Å². The number of ether oxygens (including phenoxy) is 2. The number of hydrogen-bond donors (Lipinski definition) is 1. The molecule has 1 N–H and O–H groups in total. The quantitative estimate of drug-likeness (QED) is 0.596. The van der Waals surface area contributed by atoms with Crippen LogP contribution in [0.5, 0.6) is 5.75 Å². The van der Waals surface area contributed by atoms with Crippen LogP contribution in [0.2, 0.25) is 0 Å². The van der Waals surface area contributed by atoms with Gasteiger partial charge in [-0.3, -0.25) is 4.90 Å². The summed E-state index contributed by atoms with van der Waals surface area (Å²) in [6.07, 6.45) is -3.20. The lowest BCUT2D eigenvalue weighted by atomic mass is 9.88. The number of aliphatic hydroxyl groups is 1. The van der Waals surface area contributed by atoms with Crippen LogP contribution in [0.4, 0.5) is 18.7 Å². The third-order valence-electron chi connectivity index (χ3n) is 5.47. The Morgan fingerprint density at radius 1 is 1.22 bits per heavy atom. The highest BCUT2D eigenvalue weighted by Crippen LogP contribution is 2.44. The third-order valence-corrected chi connectivity index (χ3v) is 7.54. The summed E-state index contributed by atoms with van der Waals surface area (Å²) in [5.41, 5.74) is -2.61. The van der Waals surface area contributed by atoms with Gasteiger partial charge in [-0.05, 0) is 69.1 Å². The Kier molecular flexibility index (Phi) is 5.61. The molecule has 2 atom stereocenters. The summed E-state index contributed by atoms with van der Waals surface area (Å²) >= 11 is 4.82. The van der Waals surface area contributed by atoms with Crippen LogP contribution in [-0.4, -0.2) is 63.6 Å². The molecule has 2 unspecified atom stereocenters. The van der Waals surface area contributed by atoms with Gasteiger partial charge in [0.25, 0.3) is 0 Å². The molecule has 5 rings (SSSR count). The van der Waals surface area contributed by atoms with Gasteiger partial charge >= 0.3 is 12.2 Å². The monoisotopic (exact) mass is 533 g/mol. The van der Waals surface area contributed by atoms with Gasteiger partial charge < -0.3 is 19.5 Å². The molecule has 2 aromatic rings. The maximum Gasteiger partial charge on any atom is 0.426 e. The lowest BCUT2D eigenvalue weighted by molar-refractivity contribution is -0.275. The Labute approximate surface area is 197 Å². The molecule has 32 heavy (non-hydrogen) atoms. The molecule has 3 fully saturated rings. The Hall–Kier alpha value is -1.72. The molecule has 1 aromatic heterocycles. The molecule has 0 radical (unpaired) electrons. The number of hydrogen-bond acceptors (Lipinski definition) is 7. The second-order valence-electron chi connectivity index (χ2n) is 9.73. The molecular formula is C21H26BrF2N3O4S. The number of aromatic nitrogens is 1. The normalized spacial score (nSPS) is 21.5. The number of halogens is 3. The summed E-state index contributed by atoms with van der Waals surface area (Å²) in [6, 6.07) is 3.08.